The van der Waals surface area contributed by atoms with E-state index in [1.54, 1.807) is 7.11 Å². The molecule has 0 aliphatic heterocycles. The molecule has 2 nitrogen and oxygen atoms in total. The summed E-state index contributed by atoms with van der Waals surface area (Å²) in [7, 11) is 1.70. The van der Waals surface area contributed by atoms with Crippen LogP contribution in [0.3, 0.4) is 0 Å². The number of benzene rings is 2. The molecule has 0 radical (unpaired) electrons. The Kier molecular flexibility index (Phi) is 5.68. The molecule has 0 fully saturated rings. The molecule has 0 amide bonds. The molecule has 2 aromatic rings. The highest BCUT2D eigenvalue weighted by molar-refractivity contribution is 9.10. The molecule has 0 bridgehead atoms. The minimum absolute atomic E-state index is 0.0680. The van der Waals surface area contributed by atoms with Crippen LogP contribution in [0.4, 0.5) is 0 Å². The second kappa shape index (κ2) is 7.30. The summed E-state index contributed by atoms with van der Waals surface area (Å²) in [6.45, 7) is 5.05. The highest BCUT2D eigenvalue weighted by Crippen LogP contribution is 2.33. The Hall–Kier alpha value is -1.03. The number of hydrogen-bond donors (Lipinski definition) is 1. The number of ether oxygens (including phenoxy) is 1. The van der Waals surface area contributed by atoms with Crippen LogP contribution >= 0.6 is 27.5 Å². The molecular formula is C17H19BrClNO. The molecular weight excluding hydrogens is 350 g/mol. The van der Waals surface area contributed by atoms with Crippen LogP contribution in [0.5, 0.6) is 5.75 Å². The number of nitrogens with one attached hydrogen (secondary N) is 1. The predicted octanol–water partition coefficient (Wildman–Crippen LogP) is 5.12. The van der Waals surface area contributed by atoms with Crippen LogP contribution in [-0.4, -0.2) is 13.7 Å². The van der Waals surface area contributed by atoms with Gasteiger partial charge in [-0.05, 0) is 53.2 Å². The lowest BCUT2D eigenvalue weighted by Gasteiger charge is -2.22. The first-order valence-corrected chi connectivity index (χ1v) is 8.06. The molecule has 2 rings (SSSR count). The van der Waals surface area contributed by atoms with Gasteiger partial charge in [-0.2, -0.15) is 0 Å². The molecule has 4 heteroatoms. The second-order valence-corrected chi connectivity index (χ2v) is 6.17. The van der Waals surface area contributed by atoms with Gasteiger partial charge < -0.3 is 10.1 Å². The topological polar surface area (TPSA) is 21.3 Å². The fourth-order valence-corrected chi connectivity index (χ4v) is 2.90. The van der Waals surface area contributed by atoms with Gasteiger partial charge in [0.15, 0.2) is 0 Å². The molecule has 0 saturated heterocycles. The van der Waals surface area contributed by atoms with E-state index in [1.807, 2.05) is 18.2 Å². The molecule has 0 aromatic heterocycles. The summed E-state index contributed by atoms with van der Waals surface area (Å²) in [5.41, 5.74) is 3.49. The van der Waals surface area contributed by atoms with E-state index in [0.717, 1.165) is 27.9 Å². The summed E-state index contributed by atoms with van der Waals surface area (Å²) in [5, 5.41) is 4.23. The molecule has 112 valence electrons. The number of aryl methyl sites for hydroxylation is 1. The van der Waals surface area contributed by atoms with Crippen LogP contribution in [0.2, 0.25) is 5.02 Å². The van der Waals surface area contributed by atoms with Crippen LogP contribution in [-0.2, 0) is 0 Å². The van der Waals surface area contributed by atoms with Crippen molar-refractivity contribution < 1.29 is 4.74 Å². The molecule has 0 aliphatic rings. The third-order valence-electron chi connectivity index (χ3n) is 3.38. The largest absolute Gasteiger partial charge is 0.496 e. The van der Waals surface area contributed by atoms with Crippen molar-refractivity contribution in [2.75, 3.05) is 13.7 Å². The van der Waals surface area contributed by atoms with Crippen molar-refractivity contribution >= 4 is 27.5 Å². The molecule has 1 N–H and O–H groups in total. The smallest absolute Gasteiger partial charge is 0.123 e. The van der Waals surface area contributed by atoms with E-state index in [4.69, 9.17) is 16.3 Å². The van der Waals surface area contributed by atoms with Crippen molar-refractivity contribution in [3.8, 4) is 5.75 Å². The predicted molar refractivity (Wildman–Crippen MR) is 92.4 cm³/mol. The maximum absolute atomic E-state index is 6.10. The van der Waals surface area contributed by atoms with Crippen LogP contribution in [0, 0.1) is 6.92 Å². The van der Waals surface area contributed by atoms with Crippen LogP contribution in [0.15, 0.2) is 40.9 Å². The average molecular weight is 369 g/mol. The average Bonchev–Trinajstić information content (AvgIpc) is 2.48. The maximum atomic E-state index is 6.10. The Labute approximate surface area is 139 Å². The number of rotatable bonds is 5. The highest BCUT2D eigenvalue weighted by atomic mass is 79.9. The Morgan fingerprint density at radius 1 is 1.24 bits per heavy atom. The van der Waals surface area contributed by atoms with Crippen molar-refractivity contribution in [3.05, 3.63) is 62.6 Å². The summed E-state index contributed by atoms with van der Waals surface area (Å²) in [6, 6.07) is 12.3. The fraction of sp³-hybridized carbons (Fsp3) is 0.294. The van der Waals surface area contributed by atoms with Crippen LogP contribution in [0.25, 0.3) is 0 Å². The maximum Gasteiger partial charge on any atom is 0.123 e. The van der Waals surface area contributed by atoms with Gasteiger partial charge in [0, 0.05) is 10.0 Å². The van der Waals surface area contributed by atoms with E-state index in [0.29, 0.717) is 5.02 Å². The summed E-state index contributed by atoms with van der Waals surface area (Å²) in [6.07, 6.45) is 0. The lowest BCUT2D eigenvalue weighted by molar-refractivity contribution is 0.404. The molecule has 0 heterocycles. The first kappa shape index (κ1) is 16.3. The second-order valence-electron chi connectivity index (χ2n) is 4.91. The normalized spacial score (nSPS) is 12.2. The van der Waals surface area contributed by atoms with E-state index in [9.17, 15) is 0 Å². The zero-order valence-electron chi connectivity index (χ0n) is 12.4. The first-order valence-electron chi connectivity index (χ1n) is 6.89. The third-order valence-corrected chi connectivity index (χ3v) is 4.60. The quantitative estimate of drug-likeness (QED) is 0.791. The summed E-state index contributed by atoms with van der Waals surface area (Å²) in [5.74, 6) is 0.887. The Bertz CT molecular complexity index is 630. The molecule has 0 spiro atoms. The Morgan fingerprint density at radius 2 is 2.00 bits per heavy atom. The van der Waals surface area contributed by atoms with E-state index in [-0.39, 0.29) is 6.04 Å². The van der Waals surface area contributed by atoms with Gasteiger partial charge in [-0.25, -0.2) is 0 Å². The molecule has 21 heavy (non-hydrogen) atoms. The summed E-state index contributed by atoms with van der Waals surface area (Å²) >= 11 is 9.60. The van der Waals surface area contributed by atoms with Gasteiger partial charge in [-0.3, -0.25) is 0 Å². The Morgan fingerprint density at radius 3 is 2.62 bits per heavy atom. The van der Waals surface area contributed by atoms with Crippen molar-refractivity contribution in [1.29, 1.82) is 0 Å². The minimum atomic E-state index is 0.0680. The standard InChI is InChI=1S/C17H19BrClNO/c1-4-20-17(12-6-7-15(19)14(18)10-12)13-9-11(2)5-8-16(13)21-3/h5-10,17,20H,4H2,1-3H3. The molecule has 0 saturated carbocycles. The van der Waals surface area contributed by atoms with Crippen LogP contribution < -0.4 is 10.1 Å². The SMILES string of the molecule is CCNC(c1ccc(Cl)c(Br)c1)c1cc(C)ccc1OC. The number of methoxy groups -OCH3 is 1. The van der Waals surface area contributed by atoms with Gasteiger partial charge in [-0.1, -0.05) is 42.3 Å². The van der Waals surface area contributed by atoms with Gasteiger partial charge in [0.1, 0.15) is 5.75 Å². The highest BCUT2D eigenvalue weighted by Gasteiger charge is 2.18. The van der Waals surface area contributed by atoms with Crippen molar-refractivity contribution in [2.45, 2.75) is 19.9 Å². The first-order chi connectivity index (χ1) is 10.1. The van der Waals surface area contributed by atoms with Crippen molar-refractivity contribution in [3.63, 3.8) is 0 Å². The van der Waals surface area contributed by atoms with Crippen molar-refractivity contribution in [1.82, 2.24) is 5.32 Å². The summed E-state index contributed by atoms with van der Waals surface area (Å²) < 4.78 is 6.42. The number of halogens is 2. The third kappa shape index (κ3) is 3.79. The molecule has 2 aromatic carbocycles. The summed E-state index contributed by atoms with van der Waals surface area (Å²) in [4.78, 5) is 0. The Balaban J connectivity index is 2.52. The van der Waals surface area contributed by atoms with Crippen LogP contribution in [0.1, 0.15) is 29.7 Å². The molecule has 0 aliphatic carbocycles. The van der Waals surface area contributed by atoms with E-state index >= 15 is 0 Å². The fourth-order valence-electron chi connectivity index (χ4n) is 2.38. The number of hydrogen-bond acceptors (Lipinski definition) is 2. The van der Waals surface area contributed by atoms with E-state index < -0.39 is 0 Å². The van der Waals surface area contributed by atoms with Gasteiger partial charge in [0.25, 0.3) is 0 Å². The van der Waals surface area contributed by atoms with E-state index in [1.165, 1.54) is 5.56 Å². The zero-order chi connectivity index (χ0) is 15.4. The monoisotopic (exact) mass is 367 g/mol. The van der Waals surface area contributed by atoms with E-state index in [2.05, 4.69) is 53.3 Å². The van der Waals surface area contributed by atoms with Gasteiger partial charge in [-0.15, -0.1) is 0 Å². The molecule has 1 atom stereocenters. The zero-order valence-corrected chi connectivity index (χ0v) is 14.8. The van der Waals surface area contributed by atoms with Crippen molar-refractivity contribution in [2.24, 2.45) is 0 Å². The molecule has 1 unspecified atom stereocenters. The lowest BCUT2D eigenvalue weighted by atomic mass is 9.96. The lowest BCUT2D eigenvalue weighted by Crippen LogP contribution is -2.22. The van der Waals surface area contributed by atoms with Gasteiger partial charge in [0.05, 0.1) is 18.2 Å². The minimum Gasteiger partial charge on any atom is -0.496 e. The van der Waals surface area contributed by atoms with Gasteiger partial charge in [0.2, 0.25) is 0 Å². The van der Waals surface area contributed by atoms with Gasteiger partial charge >= 0.3 is 0 Å².